The minimum Gasteiger partial charge on any atom is -0.324 e. The van der Waals surface area contributed by atoms with Crippen molar-refractivity contribution in [2.75, 3.05) is 0 Å². The molecule has 0 spiro atoms. The van der Waals surface area contributed by atoms with Crippen molar-refractivity contribution in [1.29, 1.82) is 5.26 Å². The fourth-order valence-electron chi connectivity index (χ4n) is 1.62. The van der Waals surface area contributed by atoms with E-state index in [9.17, 15) is 0 Å². The first-order valence-electron chi connectivity index (χ1n) is 5.18. The summed E-state index contributed by atoms with van der Waals surface area (Å²) in [7, 11) is -1.14. The molecule has 0 heterocycles. The molecule has 0 aliphatic heterocycles. The summed E-state index contributed by atoms with van der Waals surface area (Å²) in [6.07, 6.45) is 0. The molecule has 0 bridgehead atoms. The molecule has 0 aromatic heterocycles. The molecule has 2 N–H and O–H groups in total. The van der Waals surface area contributed by atoms with E-state index in [0.717, 1.165) is 11.6 Å². The Morgan fingerprint density at radius 1 is 1.40 bits per heavy atom. The zero-order chi connectivity index (χ0) is 11.5. The van der Waals surface area contributed by atoms with Crippen molar-refractivity contribution in [3.8, 4) is 6.07 Å². The molecule has 1 unspecified atom stereocenters. The van der Waals surface area contributed by atoms with Crippen molar-refractivity contribution in [1.82, 2.24) is 0 Å². The van der Waals surface area contributed by atoms with Gasteiger partial charge in [0.25, 0.3) is 0 Å². The van der Waals surface area contributed by atoms with E-state index in [1.807, 2.05) is 24.3 Å². The fraction of sp³-hybridized carbons (Fsp3) is 0.417. The van der Waals surface area contributed by atoms with Crippen LogP contribution in [0.3, 0.4) is 0 Å². The number of benzene rings is 1. The minimum atomic E-state index is -1.14. The minimum absolute atomic E-state index is 0.0740. The summed E-state index contributed by atoms with van der Waals surface area (Å²) in [6, 6.07) is 10.9. The Morgan fingerprint density at radius 3 is 2.60 bits per heavy atom. The van der Waals surface area contributed by atoms with Gasteiger partial charge in [-0.2, -0.15) is 5.26 Å². The lowest BCUT2D eigenvalue weighted by molar-refractivity contribution is 0.799. The summed E-state index contributed by atoms with van der Waals surface area (Å²) in [5, 5.41) is 8.79. The molecule has 0 aliphatic rings. The van der Waals surface area contributed by atoms with Gasteiger partial charge in [0.1, 0.15) is 0 Å². The summed E-state index contributed by atoms with van der Waals surface area (Å²) in [6.45, 7) is 6.92. The molecule has 0 fully saturated rings. The van der Waals surface area contributed by atoms with Gasteiger partial charge in [0.05, 0.1) is 11.6 Å². The third-order valence-electron chi connectivity index (χ3n) is 2.28. The highest BCUT2D eigenvalue weighted by molar-refractivity contribution is 6.76. The third-order valence-corrected chi connectivity index (χ3v) is 3.94. The molecule has 2 nitrogen and oxygen atoms in total. The van der Waals surface area contributed by atoms with E-state index < -0.39 is 8.07 Å². The largest absolute Gasteiger partial charge is 0.324 e. The lowest BCUT2D eigenvalue weighted by atomic mass is 10.1. The van der Waals surface area contributed by atoms with Gasteiger partial charge in [-0.1, -0.05) is 31.8 Å². The summed E-state index contributed by atoms with van der Waals surface area (Å²) >= 11 is 0. The highest BCUT2D eigenvalue weighted by atomic mass is 28.3. The molecular formula is C12H18N2Si. The first-order chi connectivity index (χ1) is 6.92. The topological polar surface area (TPSA) is 49.8 Å². The van der Waals surface area contributed by atoms with Crippen LogP contribution < -0.4 is 5.73 Å². The van der Waals surface area contributed by atoms with Crippen LogP contribution in [0.4, 0.5) is 0 Å². The molecule has 15 heavy (non-hydrogen) atoms. The van der Waals surface area contributed by atoms with Crippen LogP contribution in [-0.2, 0) is 0 Å². The van der Waals surface area contributed by atoms with Gasteiger partial charge in [-0.05, 0) is 23.7 Å². The summed E-state index contributed by atoms with van der Waals surface area (Å²) in [5.74, 6) is 0. The standard InChI is InChI=1S/C12H18N2Si/c1-15(2,3)9-12(14)11-6-4-5-10(7-11)8-13/h4-7,12H,9,14H2,1-3H3. The maximum Gasteiger partial charge on any atom is 0.0991 e. The second-order valence-electron chi connectivity index (χ2n) is 5.11. The van der Waals surface area contributed by atoms with Gasteiger partial charge in [-0.25, -0.2) is 0 Å². The Hall–Kier alpha value is -1.11. The van der Waals surface area contributed by atoms with Crippen molar-refractivity contribution >= 4 is 8.07 Å². The molecule has 1 atom stereocenters. The first-order valence-corrected chi connectivity index (χ1v) is 8.89. The van der Waals surface area contributed by atoms with Crippen LogP contribution >= 0.6 is 0 Å². The van der Waals surface area contributed by atoms with Crippen LogP contribution in [0.25, 0.3) is 0 Å². The van der Waals surface area contributed by atoms with Gasteiger partial charge in [-0.15, -0.1) is 0 Å². The molecule has 0 radical (unpaired) electrons. The van der Waals surface area contributed by atoms with Gasteiger partial charge in [0, 0.05) is 14.1 Å². The van der Waals surface area contributed by atoms with E-state index in [2.05, 4.69) is 25.7 Å². The molecule has 0 saturated heterocycles. The van der Waals surface area contributed by atoms with Crippen molar-refractivity contribution in [2.24, 2.45) is 5.73 Å². The molecule has 80 valence electrons. The van der Waals surface area contributed by atoms with Crippen LogP contribution in [0.5, 0.6) is 0 Å². The Bertz CT molecular complexity index is 374. The predicted molar refractivity (Wildman–Crippen MR) is 66.2 cm³/mol. The van der Waals surface area contributed by atoms with E-state index in [0.29, 0.717) is 5.56 Å². The van der Waals surface area contributed by atoms with Crippen molar-refractivity contribution in [3.63, 3.8) is 0 Å². The van der Waals surface area contributed by atoms with Gasteiger partial charge in [-0.3, -0.25) is 0 Å². The Morgan fingerprint density at radius 2 is 2.07 bits per heavy atom. The van der Waals surface area contributed by atoms with Crippen LogP contribution in [-0.4, -0.2) is 8.07 Å². The van der Waals surface area contributed by atoms with Gasteiger partial charge in [0.15, 0.2) is 0 Å². The normalized spacial score (nSPS) is 13.3. The Labute approximate surface area is 92.7 Å². The SMILES string of the molecule is C[Si](C)(C)CC(N)c1cccc(C#N)c1. The quantitative estimate of drug-likeness (QED) is 0.793. The third kappa shape index (κ3) is 3.86. The second-order valence-corrected chi connectivity index (χ2v) is 10.6. The molecule has 1 aromatic carbocycles. The predicted octanol–water partition coefficient (Wildman–Crippen LogP) is 2.90. The maximum atomic E-state index is 8.79. The zero-order valence-electron chi connectivity index (χ0n) is 9.62. The summed E-state index contributed by atoms with van der Waals surface area (Å²) in [5.41, 5.74) is 7.90. The maximum absolute atomic E-state index is 8.79. The van der Waals surface area contributed by atoms with E-state index >= 15 is 0 Å². The molecule has 1 rings (SSSR count). The smallest absolute Gasteiger partial charge is 0.0991 e. The van der Waals surface area contributed by atoms with Crippen LogP contribution in [0.1, 0.15) is 17.2 Å². The van der Waals surface area contributed by atoms with E-state index in [1.54, 1.807) is 0 Å². The fourth-order valence-corrected chi connectivity index (χ4v) is 3.17. The number of hydrogen-bond donors (Lipinski definition) is 1. The van der Waals surface area contributed by atoms with Crippen molar-refractivity contribution < 1.29 is 0 Å². The number of rotatable bonds is 3. The Kier molecular flexibility index (Phi) is 3.67. The number of nitrogens with two attached hydrogens (primary N) is 1. The van der Waals surface area contributed by atoms with E-state index in [4.69, 9.17) is 11.0 Å². The van der Waals surface area contributed by atoms with Gasteiger partial charge >= 0.3 is 0 Å². The monoisotopic (exact) mass is 218 g/mol. The summed E-state index contributed by atoms with van der Waals surface area (Å²) in [4.78, 5) is 0. The van der Waals surface area contributed by atoms with Gasteiger partial charge in [0.2, 0.25) is 0 Å². The van der Waals surface area contributed by atoms with Gasteiger partial charge < -0.3 is 5.73 Å². The first kappa shape index (κ1) is 12.0. The molecule has 0 amide bonds. The van der Waals surface area contributed by atoms with E-state index in [1.165, 1.54) is 0 Å². The number of hydrogen-bond acceptors (Lipinski definition) is 2. The lowest BCUT2D eigenvalue weighted by Crippen LogP contribution is -2.26. The average molecular weight is 218 g/mol. The van der Waals surface area contributed by atoms with Crippen molar-refractivity contribution in [2.45, 2.75) is 31.7 Å². The second kappa shape index (κ2) is 4.60. The molecule has 0 aliphatic carbocycles. The van der Waals surface area contributed by atoms with Crippen molar-refractivity contribution in [3.05, 3.63) is 35.4 Å². The number of nitriles is 1. The average Bonchev–Trinajstić information content (AvgIpc) is 2.15. The highest BCUT2D eigenvalue weighted by Gasteiger charge is 2.18. The molecular weight excluding hydrogens is 200 g/mol. The lowest BCUT2D eigenvalue weighted by Gasteiger charge is -2.21. The van der Waals surface area contributed by atoms with Crippen LogP contribution in [0.15, 0.2) is 24.3 Å². The number of nitrogens with zero attached hydrogens (tertiary/aromatic N) is 1. The van der Waals surface area contributed by atoms with Crippen LogP contribution in [0.2, 0.25) is 25.7 Å². The molecule has 3 heteroatoms. The summed E-state index contributed by atoms with van der Waals surface area (Å²) < 4.78 is 0. The molecule has 0 saturated carbocycles. The Balaban J connectivity index is 2.83. The van der Waals surface area contributed by atoms with E-state index in [-0.39, 0.29) is 6.04 Å². The highest BCUT2D eigenvalue weighted by Crippen LogP contribution is 2.22. The van der Waals surface area contributed by atoms with Crippen LogP contribution in [0, 0.1) is 11.3 Å². The zero-order valence-corrected chi connectivity index (χ0v) is 10.6. The molecule has 1 aromatic rings.